The summed E-state index contributed by atoms with van der Waals surface area (Å²) < 4.78 is 10.8. The summed E-state index contributed by atoms with van der Waals surface area (Å²) in [5, 5.41) is 2.80. The Kier molecular flexibility index (Phi) is 8.21. The van der Waals surface area contributed by atoms with Crippen LogP contribution in [0, 0.1) is 0 Å². The minimum absolute atomic E-state index is 0.226. The predicted molar refractivity (Wildman–Crippen MR) is 103 cm³/mol. The molecule has 0 unspecified atom stereocenters. The zero-order valence-electron chi connectivity index (χ0n) is 15.5. The minimum atomic E-state index is -0.301. The highest BCUT2D eigenvalue weighted by Gasteiger charge is 2.35. The van der Waals surface area contributed by atoms with Gasteiger partial charge < -0.3 is 19.7 Å². The van der Waals surface area contributed by atoms with Crippen LogP contribution in [0.15, 0.2) is 22.7 Å². The second-order valence-electron chi connectivity index (χ2n) is 6.01. The average Bonchev–Trinajstić information content (AvgIpc) is 2.89. The number of nitrogens with zero attached hydrogens (tertiary/aromatic N) is 2. The lowest BCUT2D eigenvalue weighted by atomic mass is 10.1. The van der Waals surface area contributed by atoms with E-state index >= 15 is 0 Å². The van der Waals surface area contributed by atoms with Crippen LogP contribution in [0.4, 0.5) is 4.79 Å². The number of halogens is 1. The van der Waals surface area contributed by atoms with E-state index < -0.39 is 0 Å². The second-order valence-corrected chi connectivity index (χ2v) is 6.93. The quantitative estimate of drug-likeness (QED) is 0.441. The molecule has 0 atom stereocenters. The fraction of sp³-hybridized carbons (Fsp3) is 0.500. The Morgan fingerprint density at radius 1 is 1.11 bits per heavy atom. The van der Waals surface area contributed by atoms with Crippen LogP contribution in [0.25, 0.3) is 0 Å². The minimum Gasteiger partial charge on any atom is -0.383 e. The van der Waals surface area contributed by atoms with Crippen LogP contribution in [-0.2, 0) is 9.47 Å². The number of benzene rings is 1. The lowest BCUT2D eigenvalue weighted by Crippen LogP contribution is -2.44. The largest absolute Gasteiger partial charge is 0.383 e. The van der Waals surface area contributed by atoms with Crippen molar-refractivity contribution in [2.75, 3.05) is 53.6 Å². The number of carbonyl (C=O) groups excluding carboxylic acids is 3. The van der Waals surface area contributed by atoms with Crippen LogP contribution in [0.2, 0.25) is 0 Å². The molecule has 0 aromatic heterocycles. The first-order valence-electron chi connectivity index (χ1n) is 8.66. The van der Waals surface area contributed by atoms with E-state index in [0.29, 0.717) is 50.4 Å². The fourth-order valence-corrected chi connectivity index (χ4v) is 3.09. The summed E-state index contributed by atoms with van der Waals surface area (Å²) in [7, 11) is 3.15. The number of carbonyl (C=O) groups is 3. The first-order valence-corrected chi connectivity index (χ1v) is 9.45. The summed E-state index contributed by atoms with van der Waals surface area (Å²) in [6, 6.07) is 4.81. The Morgan fingerprint density at radius 2 is 1.74 bits per heavy atom. The van der Waals surface area contributed by atoms with Crippen LogP contribution in [-0.4, -0.2) is 81.3 Å². The fourth-order valence-electron chi connectivity index (χ4n) is 2.73. The molecule has 1 aromatic carbocycles. The molecular formula is C18H24BrN3O5. The molecule has 0 fully saturated rings. The number of urea groups is 1. The number of imide groups is 1. The van der Waals surface area contributed by atoms with E-state index in [4.69, 9.17) is 9.47 Å². The maximum Gasteiger partial charge on any atom is 0.317 e. The second kappa shape index (κ2) is 10.4. The standard InChI is InChI=1S/C18H24BrN3O5/c1-26-10-8-21(9-11-27-2)18(25)20-6-3-7-22-16(23)14-5-4-13(19)12-15(14)17(22)24/h4-5,12H,3,6-11H2,1-2H3,(H,20,25). The van der Waals surface area contributed by atoms with Gasteiger partial charge in [-0.2, -0.15) is 0 Å². The lowest BCUT2D eigenvalue weighted by molar-refractivity contribution is 0.0653. The molecule has 1 aliphatic rings. The van der Waals surface area contributed by atoms with Crippen LogP contribution in [0.5, 0.6) is 0 Å². The molecule has 4 amide bonds. The summed E-state index contributed by atoms with van der Waals surface area (Å²) in [5.74, 6) is -0.597. The molecule has 1 aromatic rings. The normalized spacial score (nSPS) is 13.1. The van der Waals surface area contributed by atoms with Crippen LogP contribution in [0.1, 0.15) is 27.1 Å². The molecule has 0 saturated carbocycles. The zero-order chi connectivity index (χ0) is 19.8. The number of ether oxygens (including phenoxy) is 2. The Labute approximate surface area is 166 Å². The smallest absolute Gasteiger partial charge is 0.317 e. The molecule has 2 rings (SSSR count). The summed E-state index contributed by atoms with van der Waals surface area (Å²) in [5.41, 5.74) is 0.821. The van der Waals surface area contributed by atoms with Crippen molar-refractivity contribution in [1.29, 1.82) is 0 Å². The van der Waals surface area contributed by atoms with Crippen molar-refractivity contribution >= 4 is 33.8 Å². The SMILES string of the molecule is COCCN(CCOC)C(=O)NCCCN1C(=O)c2ccc(Br)cc2C1=O. The lowest BCUT2D eigenvalue weighted by Gasteiger charge is -2.22. The van der Waals surface area contributed by atoms with Gasteiger partial charge in [-0.3, -0.25) is 14.5 Å². The summed E-state index contributed by atoms with van der Waals surface area (Å²) in [6.45, 7) is 2.38. The number of hydrogen-bond acceptors (Lipinski definition) is 5. The van der Waals surface area contributed by atoms with E-state index in [0.717, 1.165) is 4.47 Å². The monoisotopic (exact) mass is 441 g/mol. The van der Waals surface area contributed by atoms with Crippen molar-refractivity contribution in [3.8, 4) is 0 Å². The van der Waals surface area contributed by atoms with Crippen molar-refractivity contribution in [3.63, 3.8) is 0 Å². The number of rotatable bonds is 10. The maximum atomic E-state index is 12.4. The van der Waals surface area contributed by atoms with E-state index in [1.54, 1.807) is 37.3 Å². The Morgan fingerprint density at radius 3 is 2.37 bits per heavy atom. The maximum absolute atomic E-state index is 12.4. The van der Waals surface area contributed by atoms with Gasteiger partial charge in [0.2, 0.25) is 0 Å². The van der Waals surface area contributed by atoms with Crippen LogP contribution in [0.3, 0.4) is 0 Å². The van der Waals surface area contributed by atoms with Crippen LogP contribution < -0.4 is 5.32 Å². The molecule has 0 aliphatic carbocycles. The van der Waals surface area contributed by atoms with Gasteiger partial charge >= 0.3 is 6.03 Å². The Hall–Kier alpha value is -1.97. The third-order valence-corrected chi connectivity index (χ3v) is 4.68. The molecule has 0 bridgehead atoms. The molecule has 0 saturated heterocycles. The van der Waals surface area contributed by atoms with Crippen molar-refractivity contribution in [2.24, 2.45) is 0 Å². The average molecular weight is 442 g/mol. The number of methoxy groups -OCH3 is 2. The molecule has 1 N–H and O–H groups in total. The first-order chi connectivity index (χ1) is 13.0. The molecule has 0 radical (unpaired) electrons. The van der Waals surface area contributed by atoms with Gasteiger partial charge in [0.15, 0.2) is 0 Å². The first kappa shape index (κ1) is 21.3. The zero-order valence-corrected chi connectivity index (χ0v) is 17.1. The summed E-state index contributed by atoms with van der Waals surface area (Å²) in [6.07, 6.45) is 0.473. The molecule has 9 heteroatoms. The summed E-state index contributed by atoms with van der Waals surface area (Å²) in [4.78, 5) is 39.8. The van der Waals surface area contributed by atoms with E-state index in [-0.39, 0.29) is 24.4 Å². The van der Waals surface area contributed by atoms with E-state index in [1.165, 1.54) is 4.90 Å². The van der Waals surface area contributed by atoms with Gasteiger partial charge in [0.05, 0.1) is 24.3 Å². The van der Waals surface area contributed by atoms with Gasteiger partial charge in [-0.05, 0) is 24.6 Å². The number of nitrogens with one attached hydrogen (secondary N) is 1. The van der Waals surface area contributed by atoms with Gasteiger partial charge in [0.1, 0.15) is 0 Å². The van der Waals surface area contributed by atoms with Crippen molar-refractivity contribution in [2.45, 2.75) is 6.42 Å². The number of amides is 4. The van der Waals surface area contributed by atoms with Gasteiger partial charge in [0, 0.05) is 44.9 Å². The highest BCUT2D eigenvalue weighted by atomic mass is 79.9. The molecule has 1 heterocycles. The van der Waals surface area contributed by atoms with E-state index in [9.17, 15) is 14.4 Å². The molecule has 27 heavy (non-hydrogen) atoms. The van der Waals surface area contributed by atoms with Crippen molar-refractivity contribution in [3.05, 3.63) is 33.8 Å². The Balaban J connectivity index is 1.81. The molecular weight excluding hydrogens is 418 g/mol. The Bertz CT molecular complexity index is 690. The van der Waals surface area contributed by atoms with Crippen molar-refractivity contribution in [1.82, 2.24) is 15.1 Å². The number of hydrogen-bond donors (Lipinski definition) is 1. The van der Waals surface area contributed by atoms with Gasteiger partial charge in [-0.25, -0.2) is 4.79 Å². The van der Waals surface area contributed by atoms with Gasteiger partial charge in [-0.1, -0.05) is 15.9 Å². The molecule has 1 aliphatic heterocycles. The highest BCUT2D eigenvalue weighted by molar-refractivity contribution is 9.10. The predicted octanol–water partition coefficient (Wildman–Crippen LogP) is 1.74. The third kappa shape index (κ3) is 5.50. The topological polar surface area (TPSA) is 88.2 Å². The molecule has 0 spiro atoms. The number of fused-ring (bicyclic) bond motifs is 1. The highest BCUT2D eigenvalue weighted by Crippen LogP contribution is 2.25. The molecule has 148 valence electrons. The van der Waals surface area contributed by atoms with Crippen LogP contribution >= 0.6 is 15.9 Å². The van der Waals surface area contributed by atoms with E-state index in [1.807, 2.05) is 0 Å². The third-order valence-electron chi connectivity index (χ3n) is 4.19. The van der Waals surface area contributed by atoms with Gasteiger partial charge in [-0.15, -0.1) is 0 Å². The van der Waals surface area contributed by atoms with Crippen molar-refractivity contribution < 1.29 is 23.9 Å². The summed E-state index contributed by atoms with van der Waals surface area (Å²) >= 11 is 3.31. The molecule has 8 nitrogen and oxygen atoms in total. The van der Waals surface area contributed by atoms with E-state index in [2.05, 4.69) is 21.2 Å². The van der Waals surface area contributed by atoms with Gasteiger partial charge in [0.25, 0.3) is 11.8 Å².